The van der Waals surface area contributed by atoms with E-state index in [1.54, 1.807) is 0 Å². The largest absolute Gasteiger partial charge is 0.394 e. The monoisotopic (exact) mass is 482 g/mol. The quantitative estimate of drug-likeness (QED) is 0.672. The summed E-state index contributed by atoms with van der Waals surface area (Å²) >= 11 is 0. The number of amides is 2. The third-order valence-electron chi connectivity index (χ3n) is 9.62. The van der Waals surface area contributed by atoms with Crippen molar-refractivity contribution in [2.24, 2.45) is 11.3 Å². The standard InChI is InChI=1S/C27H32F2N4O2/c1-25(2)18-8-9-27(25,16-5-4-12-33(14-16)24(35)30-26(15-34)10-11-26)23-17(18)13-21(31-32-23)22-19(28)6-3-7-20(22)29/h3,6-7,13,16,18,34H,4-5,8-12,14-15H2,1-2H3,(H,30,35)/t16-,18-,27?/m0/s1. The van der Waals surface area contributed by atoms with Crippen molar-refractivity contribution in [3.63, 3.8) is 0 Å². The number of halogens is 2. The highest BCUT2D eigenvalue weighted by Gasteiger charge is 2.66. The number of carbonyl (C=O) groups is 1. The fourth-order valence-corrected chi connectivity index (χ4v) is 7.48. The van der Waals surface area contributed by atoms with E-state index in [1.165, 1.54) is 18.2 Å². The number of rotatable bonds is 4. The third kappa shape index (κ3) is 3.18. The van der Waals surface area contributed by atoms with Gasteiger partial charge in [0.2, 0.25) is 0 Å². The fraction of sp³-hybridized carbons (Fsp3) is 0.593. The predicted octanol–water partition coefficient (Wildman–Crippen LogP) is 4.52. The first kappa shape index (κ1) is 22.8. The van der Waals surface area contributed by atoms with Crippen molar-refractivity contribution in [2.45, 2.75) is 69.2 Å². The summed E-state index contributed by atoms with van der Waals surface area (Å²) in [5.74, 6) is -0.823. The first-order chi connectivity index (χ1) is 16.7. The number of hydrogen-bond acceptors (Lipinski definition) is 4. The van der Waals surface area contributed by atoms with Crippen LogP contribution in [0.25, 0.3) is 11.3 Å². The molecule has 2 amide bonds. The average molecular weight is 483 g/mol. The molecule has 6 nitrogen and oxygen atoms in total. The van der Waals surface area contributed by atoms with Crippen molar-refractivity contribution in [2.75, 3.05) is 19.7 Å². The van der Waals surface area contributed by atoms with Crippen LogP contribution >= 0.6 is 0 Å². The Labute approximate surface area is 204 Å². The number of likely N-dealkylation sites (tertiary alicyclic amines) is 1. The van der Waals surface area contributed by atoms with Crippen LogP contribution in [0.3, 0.4) is 0 Å². The SMILES string of the molecule is CC1(C)[C@H]2CCC1([C@H]1CCCN(C(=O)NC3(CO)CC3)C1)c1nnc(-c3c(F)cccc3F)cc12. The Morgan fingerprint density at radius 3 is 2.60 bits per heavy atom. The molecule has 1 aliphatic heterocycles. The van der Waals surface area contributed by atoms with E-state index in [4.69, 9.17) is 0 Å². The molecule has 3 aliphatic carbocycles. The molecule has 35 heavy (non-hydrogen) atoms. The predicted molar refractivity (Wildman–Crippen MR) is 127 cm³/mol. The van der Waals surface area contributed by atoms with Crippen molar-refractivity contribution in [3.05, 3.63) is 47.2 Å². The van der Waals surface area contributed by atoms with Gasteiger partial charge >= 0.3 is 6.03 Å². The molecule has 2 aromatic rings. The van der Waals surface area contributed by atoms with Gasteiger partial charge in [-0.25, -0.2) is 13.6 Å². The molecule has 1 aromatic carbocycles. The number of hydrogen-bond donors (Lipinski definition) is 2. The fourth-order valence-electron chi connectivity index (χ4n) is 7.48. The van der Waals surface area contributed by atoms with Gasteiger partial charge in [0.05, 0.1) is 29.1 Å². The molecule has 1 aromatic heterocycles. The molecule has 2 N–H and O–H groups in total. The molecule has 0 radical (unpaired) electrons. The van der Waals surface area contributed by atoms with E-state index in [1.807, 2.05) is 11.0 Å². The third-order valence-corrected chi connectivity index (χ3v) is 9.62. The number of fused-ring (bicyclic) bond motifs is 5. The molecule has 2 heterocycles. The summed E-state index contributed by atoms with van der Waals surface area (Å²) in [6.07, 6.45) is 5.50. The number of carbonyl (C=O) groups excluding carboxylic acids is 1. The molecule has 1 saturated heterocycles. The number of aliphatic hydroxyl groups excluding tert-OH is 1. The molecule has 6 rings (SSSR count). The number of aliphatic hydroxyl groups is 1. The number of aromatic nitrogens is 2. The Balaban J connectivity index is 1.35. The van der Waals surface area contributed by atoms with Crippen LogP contribution in [0, 0.1) is 23.0 Å². The van der Waals surface area contributed by atoms with Crippen LogP contribution in [0.15, 0.2) is 24.3 Å². The summed E-state index contributed by atoms with van der Waals surface area (Å²) in [5, 5.41) is 21.7. The molecule has 2 saturated carbocycles. The van der Waals surface area contributed by atoms with Gasteiger partial charge in [0.1, 0.15) is 11.6 Å². The van der Waals surface area contributed by atoms with Crippen LogP contribution < -0.4 is 5.32 Å². The molecule has 8 heteroatoms. The van der Waals surface area contributed by atoms with Crippen molar-refractivity contribution in [1.29, 1.82) is 0 Å². The molecule has 0 spiro atoms. The lowest BCUT2D eigenvalue weighted by atomic mass is 9.59. The maximum absolute atomic E-state index is 14.5. The maximum atomic E-state index is 14.5. The average Bonchev–Trinajstić information content (AvgIpc) is 3.52. The van der Waals surface area contributed by atoms with E-state index >= 15 is 0 Å². The Morgan fingerprint density at radius 2 is 1.91 bits per heavy atom. The molecule has 2 bridgehead atoms. The van der Waals surface area contributed by atoms with E-state index in [2.05, 4.69) is 29.4 Å². The van der Waals surface area contributed by atoms with Crippen molar-refractivity contribution < 1.29 is 18.7 Å². The number of urea groups is 1. The van der Waals surface area contributed by atoms with Gasteiger partial charge in [-0.2, -0.15) is 10.2 Å². The van der Waals surface area contributed by atoms with E-state index in [0.717, 1.165) is 49.8 Å². The van der Waals surface area contributed by atoms with Crippen LogP contribution in [0.2, 0.25) is 0 Å². The Hall–Kier alpha value is -2.61. The Kier molecular flexibility index (Phi) is 5.02. The summed E-state index contributed by atoms with van der Waals surface area (Å²) in [5.41, 5.74) is 1.32. The van der Waals surface area contributed by atoms with Gasteiger partial charge in [-0.3, -0.25) is 0 Å². The highest BCUT2D eigenvalue weighted by molar-refractivity contribution is 5.76. The molecular formula is C27H32F2N4O2. The minimum absolute atomic E-state index is 0.0252. The van der Waals surface area contributed by atoms with Crippen LogP contribution in [-0.4, -0.2) is 51.5 Å². The second kappa shape index (κ2) is 7.69. The number of benzene rings is 1. The van der Waals surface area contributed by atoms with Gasteiger partial charge < -0.3 is 15.3 Å². The molecule has 186 valence electrons. The second-order valence-corrected chi connectivity index (χ2v) is 11.6. The van der Waals surface area contributed by atoms with E-state index < -0.39 is 17.2 Å². The highest BCUT2D eigenvalue weighted by Crippen LogP contribution is 2.70. The Bertz CT molecular complexity index is 1180. The topological polar surface area (TPSA) is 78.4 Å². The first-order valence-corrected chi connectivity index (χ1v) is 12.7. The van der Waals surface area contributed by atoms with Gasteiger partial charge in [-0.15, -0.1) is 0 Å². The van der Waals surface area contributed by atoms with Gasteiger partial charge in [-0.1, -0.05) is 19.9 Å². The summed E-state index contributed by atoms with van der Waals surface area (Å²) in [4.78, 5) is 15.0. The van der Waals surface area contributed by atoms with Gasteiger partial charge in [0.25, 0.3) is 0 Å². The van der Waals surface area contributed by atoms with Crippen LogP contribution in [-0.2, 0) is 5.41 Å². The van der Waals surface area contributed by atoms with Gasteiger partial charge in [0, 0.05) is 18.5 Å². The van der Waals surface area contributed by atoms with Crippen LogP contribution in [0.5, 0.6) is 0 Å². The first-order valence-electron chi connectivity index (χ1n) is 12.7. The van der Waals surface area contributed by atoms with E-state index in [-0.39, 0.29) is 46.6 Å². The van der Waals surface area contributed by atoms with Crippen molar-refractivity contribution >= 4 is 6.03 Å². The molecule has 4 aliphatic rings. The zero-order valence-corrected chi connectivity index (χ0v) is 20.3. The summed E-state index contributed by atoms with van der Waals surface area (Å²) < 4.78 is 29.0. The molecular weight excluding hydrogens is 450 g/mol. The van der Waals surface area contributed by atoms with Crippen molar-refractivity contribution in [3.8, 4) is 11.3 Å². The molecule has 1 unspecified atom stereocenters. The highest BCUT2D eigenvalue weighted by atomic mass is 19.1. The zero-order valence-electron chi connectivity index (χ0n) is 20.3. The molecule has 3 fully saturated rings. The number of piperidine rings is 1. The minimum atomic E-state index is -0.637. The Morgan fingerprint density at radius 1 is 1.17 bits per heavy atom. The smallest absolute Gasteiger partial charge is 0.317 e. The lowest BCUT2D eigenvalue weighted by molar-refractivity contribution is 0.0661. The summed E-state index contributed by atoms with van der Waals surface area (Å²) in [6.45, 7) is 5.87. The van der Waals surface area contributed by atoms with E-state index in [0.29, 0.717) is 13.1 Å². The lowest BCUT2D eigenvalue weighted by Crippen LogP contribution is -2.55. The molecule has 3 atom stereocenters. The van der Waals surface area contributed by atoms with E-state index in [9.17, 15) is 18.7 Å². The summed E-state index contributed by atoms with van der Waals surface area (Å²) in [6, 6.07) is 5.60. The normalized spacial score (nSPS) is 29.7. The van der Waals surface area contributed by atoms with Gasteiger partial charge in [0.15, 0.2) is 0 Å². The summed E-state index contributed by atoms with van der Waals surface area (Å²) in [7, 11) is 0. The lowest BCUT2D eigenvalue weighted by Gasteiger charge is -2.48. The van der Waals surface area contributed by atoms with Crippen molar-refractivity contribution in [1.82, 2.24) is 20.4 Å². The zero-order chi connectivity index (χ0) is 24.6. The van der Waals surface area contributed by atoms with Gasteiger partial charge in [-0.05, 0) is 79.5 Å². The maximum Gasteiger partial charge on any atom is 0.317 e. The number of nitrogens with zero attached hydrogens (tertiary/aromatic N) is 3. The van der Waals surface area contributed by atoms with Crippen LogP contribution in [0.4, 0.5) is 13.6 Å². The second-order valence-electron chi connectivity index (χ2n) is 11.6. The minimum Gasteiger partial charge on any atom is -0.394 e. The van der Waals surface area contributed by atoms with Crippen LogP contribution in [0.1, 0.15) is 69.5 Å². The number of nitrogens with one attached hydrogen (secondary N) is 1.